The maximum atomic E-state index is 12.1. The van der Waals surface area contributed by atoms with Gasteiger partial charge in [-0.15, -0.1) is 24.8 Å². The van der Waals surface area contributed by atoms with Crippen LogP contribution < -0.4 is 5.32 Å². The molecule has 1 unspecified atom stereocenters. The lowest BCUT2D eigenvalue weighted by atomic mass is 9.82. The summed E-state index contributed by atoms with van der Waals surface area (Å²) in [6.45, 7) is 12.4. The molecule has 0 aromatic rings. The van der Waals surface area contributed by atoms with Crippen LogP contribution in [0.3, 0.4) is 0 Å². The molecule has 1 aliphatic heterocycles. The molecule has 6 heteroatoms. The zero-order chi connectivity index (χ0) is 15.9. The van der Waals surface area contributed by atoms with Crippen molar-refractivity contribution >= 4 is 30.7 Å². The molecule has 1 amide bonds. The third-order valence-electron chi connectivity index (χ3n) is 5.25. The molecule has 0 aromatic carbocycles. The van der Waals surface area contributed by atoms with Gasteiger partial charge in [0.2, 0.25) is 5.91 Å². The Hall–Kier alpha value is -0.0300. The average molecular weight is 382 g/mol. The third-order valence-corrected chi connectivity index (χ3v) is 5.25. The van der Waals surface area contributed by atoms with E-state index in [1.165, 1.54) is 32.1 Å². The number of hydrogen-bond donors (Lipinski definition) is 1. The van der Waals surface area contributed by atoms with E-state index < -0.39 is 0 Å². The first kappa shape index (κ1) is 24.0. The lowest BCUT2D eigenvalue weighted by molar-refractivity contribution is -0.130. The maximum Gasteiger partial charge on any atom is 0.219 e. The molecule has 1 atom stereocenters. The predicted molar refractivity (Wildman–Crippen MR) is 106 cm³/mol. The Balaban J connectivity index is 0.00000264. The van der Waals surface area contributed by atoms with Gasteiger partial charge < -0.3 is 10.2 Å². The van der Waals surface area contributed by atoms with Crippen LogP contribution in [0.25, 0.3) is 0 Å². The molecule has 24 heavy (non-hydrogen) atoms. The number of piperazine rings is 1. The van der Waals surface area contributed by atoms with Crippen molar-refractivity contribution in [2.45, 2.75) is 58.9 Å². The fourth-order valence-corrected chi connectivity index (χ4v) is 4.09. The highest BCUT2D eigenvalue weighted by molar-refractivity contribution is 5.85. The van der Waals surface area contributed by atoms with Crippen molar-refractivity contribution in [1.82, 2.24) is 15.1 Å². The van der Waals surface area contributed by atoms with Gasteiger partial charge in [-0.25, -0.2) is 0 Å². The van der Waals surface area contributed by atoms with Crippen molar-refractivity contribution < 1.29 is 4.79 Å². The van der Waals surface area contributed by atoms with Crippen LogP contribution in [0.4, 0.5) is 0 Å². The minimum Gasteiger partial charge on any atom is -0.341 e. The number of nitrogens with one attached hydrogen (secondary N) is 1. The van der Waals surface area contributed by atoms with Crippen molar-refractivity contribution in [3.8, 4) is 0 Å². The minimum absolute atomic E-state index is 0. The Morgan fingerprint density at radius 1 is 1.08 bits per heavy atom. The molecule has 1 saturated carbocycles. The second-order valence-electron chi connectivity index (χ2n) is 7.57. The Kier molecular flexibility index (Phi) is 12.3. The third kappa shape index (κ3) is 7.47. The fourth-order valence-electron chi connectivity index (χ4n) is 4.09. The van der Waals surface area contributed by atoms with E-state index in [2.05, 4.69) is 29.0 Å². The van der Waals surface area contributed by atoms with Gasteiger partial charge in [-0.2, -0.15) is 0 Å². The highest BCUT2D eigenvalue weighted by atomic mass is 35.5. The smallest absolute Gasteiger partial charge is 0.219 e. The molecule has 144 valence electrons. The van der Waals surface area contributed by atoms with Gasteiger partial charge in [0.15, 0.2) is 0 Å². The monoisotopic (exact) mass is 381 g/mol. The van der Waals surface area contributed by atoms with E-state index in [1.54, 1.807) is 6.92 Å². The first-order chi connectivity index (χ1) is 10.6. The summed E-state index contributed by atoms with van der Waals surface area (Å²) in [4.78, 5) is 16.8. The number of rotatable bonds is 6. The van der Waals surface area contributed by atoms with Crippen LogP contribution in [0.2, 0.25) is 0 Å². The van der Waals surface area contributed by atoms with Gasteiger partial charge in [0.25, 0.3) is 0 Å². The molecule has 0 bridgehead atoms. The number of carbonyl (C=O) groups is 1. The standard InChI is InChI=1S/C18H35N3O.2ClH/c1-15(2)13-21(16(3)22)14-18(17-7-5-4-6-8-17)20-11-9-19-10-12-20;;/h15,17-19H,4-14H2,1-3H3;2*1H. The molecule has 0 spiro atoms. The van der Waals surface area contributed by atoms with E-state index in [0.717, 1.165) is 45.2 Å². The Morgan fingerprint density at radius 2 is 1.67 bits per heavy atom. The van der Waals surface area contributed by atoms with Crippen LogP contribution >= 0.6 is 24.8 Å². The molecule has 4 nitrogen and oxygen atoms in total. The molecule has 1 N–H and O–H groups in total. The maximum absolute atomic E-state index is 12.1. The first-order valence-electron chi connectivity index (χ1n) is 9.28. The van der Waals surface area contributed by atoms with E-state index in [0.29, 0.717) is 12.0 Å². The number of amides is 1. The highest BCUT2D eigenvalue weighted by Gasteiger charge is 2.31. The summed E-state index contributed by atoms with van der Waals surface area (Å²) in [5, 5.41) is 3.46. The minimum atomic E-state index is 0. The highest BCUT2D eigenvalue weighted by Crippen LogP contribution is 2.30. The van der Waals surface area contributed by atoms with Crippen LogP contribution in [0, 0.1) is 11.8 Å². The van der Waals surface area contributed by atoms with Crippen molar-refractivity contribution in [2.75, 3.05) is 39.3 Å². The lowest BCUT2D eigenvalue weighted by Gasteiger charge is -2.43. The second-order valence-corrected chi connectivity index (χ2v) is 7.57. The molecular weight excluding hydrogens is 345 g/mol. The summed E-state index contributed by atoms with van der Waals surface area (Å²) in [5.74, 6) is 1.56. The number of hydrogen-bond acceptors (Lipinski definition) is 3. The van der Waals surface area contributed by atoms with Gasteiger partial charge in [0.05, 0.1) is 0 Å². The molecule has 0 radical (unpaired) electrons. The van der Waals surface area contributed by atoms with Crippen molar-refractivity contribution in [3.63, 3.8) is 0 Å². The van der Waals surface area contributed by atoms with Crippen molar-refractivity contribution in [2.24, 2.45) is 11.8 Å². The normalized spacial score (nSPS) is 20.8. The van der Waals surface area contributed by atoms with Gasteiger partial charge in [-0.1, -0.05) is 33.1 Å². The molecule has 1 saturated heterocycles. The summed E-state index contributed by atoms with van der Waals surface area (Å²) in [5.41, 5.74) is 0. The number of carbonyl (C=O) groups excluding carboxylic acids is 1. The van der Waals surface area contributed by atoms with Crippen molar-refractivity contribution in [1.29, 1.82) is 0 Å². The van der Waals surface area contributed by atoms with Crippen LogP contribution in [-0.2, 0) is 4.79 Å². The summed E-state index contributed by atoms with van der Waals surface area (Å²) in [6, 6.07) is 0.560. The summed E-state index contributed by atoms with van der Waals surface area (Å²) in [6.07, 6.45) is 6.84. The predicted octanol–water partition coefficient (Wildman–Crippen LogP) is 3.19. The van der Waals surface area contributed by atoms with E-state index in [1.807, 2.05) is 0 Å². The zero-order valence-electron chi connectivity index (χ0n) is 15.6. The van der Waals surface area contributed by atoms with E-state index in [9.17, 15) is 4.79 Å². The van der Waals surface area contributed by atoms with Crippen LogP contribution in [-0.4, -0.2) is 61.0 Å². The lowest BCUT2D eigenvalue weighted by Crippen LogP contribution is -2.55. The van der Waals surface area contributed by atoms with Gasteiger partial charge >= 0.3 is 0 Å². The number of halogens is 2. The van der Waals surface area contributed by atoms with Crippen LogP contribution in [0.15, 0.2) is 0 Å². The average Bonchev–Trinajstić information content (AvgIpc) is 2.52. The molecule has 1 aliphatic carbocycles. The van der Waals surface area contributed by atoms with Gasteiger partial charge in [0, 0.05) is 52.2 Å². The van der Waals surface area contributed by atoms with E-state index in [-0.39, 0.29) is 30.7 Å². The topological polar surface area (TPSA) is 35.6 Å². The molecular formula is C18H37Cl2N3O. The van der Waals surface area contributed by atoms with Gasteiger partial charge in [0.1, 0.15) is 0 Å². The Bertz CT molecular complexity index is 325. The fraction of sp³-hybridized carbons (Fsp3) is 0.944. The molecule has 2 aliphatic rings. The quantitative estimate of drug-likeness (QED) is 0.766. The van der Waals surface area contributed by atoms with Crippen LogP contribution in [0.5, 0.6) is 0 Å². The SMILES string of the molecule is CC(=O)N(CC(C)C)CC(C1CCCCC1)N1CCNCC1.Cl.Cl. The Morgan fingerprint density at radius 3 is 2.17 bits per heavy atom. The van der Waals surface area contributed by atoms with E-state index in [4.69, 9.17) is 0 Å². The van der Waals surface area contributed by atoms with Crippen molar-refractivity contribution in [3.05, 3.63) is 0 Å². The molecule has 1 heterocycles. The summed E-state index contributed by atoms with van der Waals surface area (Å²) >= 11 is 0. The molecule has 2 rings (SSSR count). The van der Waals surface area contributed by atoms with Crippen LogP contribution in [0.1, 0.15) is 52.9 Å². The van der Waals surface area contributed by atoms with Gasteiger partial charge in [-0.3, -0.25) is 9.69 Å². The first-order valence-corrected chi connectivity index (χ1v) is 9.28. The summed E-state index contributed by atoms with van der Waals surface area (Å²) in [7, 11) is 0. The Labute approximate surface area is 160 Å². The largest absolute Gasteiger partial charge is 0.341 e. The number of nitrogens with zero attached hydrogens (tertiary/aromatic N) is 2. The van der Waals surface area contributed by atoms with Gasteiger partial charge in [-0.05, 0) is 24.7 Å². The molecule has 2 fully saturated rings. The van der Waals surface area contributed by atoms with E-state index >= 15 is 0 Å². The molecule has 0 aromatic heterocycles. The summed E-state index contributed by atoms with van der Waals surface area (Å²) < 4.78 is 0. The second kappa shape index (κ2) is 12.3. The zero-order valence-corrected chi connectivity index (χ0v) is 17.3.